The van der Waals surface area contributed by atoms with E-state index in [1.54, 1.807) is 12.1 Å². The molecule has 0 heterocycles. The molecule has 0 aromatic heterocycles. The van der Waals surface area contributed by atoms with Gasteiger partial charge in [0.15, 0.2) is 0 Å². The van der Waals surface area contributed by atoms with E-state index in [1.165, 1.54) is 5.56 Å². The normalized spacial score (nSPS) is 10.2. The minimum atomic E-state index is -1.75. The van der Waals surface area contributed by atoms with Crippen molar-refractivity contribution in [2.45, 2.75) is 19.8 Å². The van der Waals surface area contributed by atoms with Crippen LogP contribution in [0.25, 0.3) is 0 Å². The molecule has 0 aliphatic heterocycles. The minimum absolute atomic E-state index is 0.458. The second-order valence-corrected chi connectivity index (χ2v) is 3.17. The SMILES string of the molecule is CC(C)c1ccc(OB(O)O)cc1. The van der Waals surface area contributed by atoms with Crippen molar-refractivity contribution in [2.75, 3.05) is 0 Å². The van der Waals surface area contributed by atoms with Crippen molar-refractivity contribution in [2.24, 2.45) is 0 Å². The smallest absolute Gasteiger partial charge is 0.512 e. The molecule has 0 bridgehead atoms. The molecular formula is C9H13BO3. The van der Waals surface area contributed by atoms with Gasteiger partial charge in [-0.3, -0.25) is 0 Å². The monoisotopic (exact) mass is 180 g/mol. The third-order valence-corrected chi connectivity index (χ3v) is 1.79. The molecule has 1 rings (SSSR count). The van der Waals surface area contributed by atoms with Crippen LogP contribution in [0.5, 0.6) is 5.75 Å². The maximum absolute atomic E-state index is 8.52. The van der Waals surface area contributed by atoms with Crippen LogP contribution in [-0.4, -0.2) is 17.4 Å². The van der Waals surface area contributed by atoms with Gasteiger partial charge in [-0.15, -0.1) is 0 Å². The number of hydrogen-bond donors (Lipinski definition) is 2. The third-order valence-electron chi connectivity index (χ3n) is 1.79. The highest BCUT2D eigenvalue weighted by atomic mass is 16.6. The fourth-order valence-corrected chi connectivity index (χ4v) is 1.05. The molecule has 0 fully saturated rings. The first-order chi connectivity index (χ1) is 6.09. The Labute approximate surface area is 78.2 Å². The van der Waals surface area contributed by atoms with E-state index < -0.39 is 7.32 Å². The van der Waals surface area contributed by atoms with E-state index in [0.717, 1.165) is 0 Å². The summed E-state index contributed by atoms with van der Waals surface area (Å²) in [6.45, 7) is 4.19. The van der Waals surface area contributed by atoms with E-state index in [4.69, 9.17) is 10.0 Å². The summed E-state index contributed by atoms with van der Waals surface area (Å²) >= 11 is 0. The van der Waals surface area contributed by atoms with Crippen molar-refractivity contribution in [1.82, 2.24) is 0 Å². The molecule has 0 saturated carbocycles. The van der Waals surface area contributed by atoms with Crippen LogP contribution < -0.4 is 4.65 Å². The molecule has 2 N–H and O–H groups in total. The molecule has 0 spiro atoms. The average Bonchev–Trinajstić information content (AvgIpc) is 2.04. The Balaban J connectivity index is 2.70. The maximum atomic E-state index is 8.52. The predicted octanol–water partition coefficient (Wildman–Crippen LogP) is 1.16. The molecule has 0 aliphatic carbocycles. The highest BCUT2D eigenvalue weighted by molar-refractivity contribution is 6.33. The lowest BCUT2D eigenvalue weighted by Crippen LogP contribution is -2.20. The number of hydrogen-bond acceptors (Lipinski definition) is 3. The van der Waals surface area contributed by atoms with Gasteiger partial charge in [-0.2, -0.15) is 0 Å². The zero-order chi connectivity index (χ0) is 9.84. The van der Waals surface area contributed by atoms with Crippen molar-refractivity contribution in [3.05, 3.63) is 29.8 Å². The van der Waals surface area contributed by atoms with Gasteiger partial charge in [0.25, 0.3) is 0 Å². The summed E-state index contributed by atoms with van der Waals surface area (Å²) in [4.78, 5) is 0. The van der Waals surface area contributed by atoms with Crippen LogP contribution in [0.2, 0.25) is 0 Å². The molecule has 0 atom stereocenters. The molecular weight excluding hydrogens is 167 g/mol. The van der Waals surface area contributed by atoms with Gasteiger partial charge >= 0.3 is 7.32 Å². The molecule has 70 valence electrons. The standard InChI is InChI=1S/C9H13BO3/c1-7(2)8-3-5-9(6-4-8)13-10(11)12/h3-7,11-12H,1-2H3. The van der Waals surface area contributed by atoms with Gasteiger partial charge in [-0.1, -0.05) is 26.0 Å². The van der Waals surface area contributed by atoms with Crippen LogP contribution >= 0.6 is 0 Å². The Kier molecular flexibility index (Phi) is 3.34. The van der Waals surface area contributed by atoms with Gasteiger partial charge in [0.05, 0.1) is 0 Å². The highest BCUT2D eigenvalue weighted by Crippen LogP contribution is 2.18. The van der Waals surface area contributed by atoms with Gasteiger partial charge in [0.2, 0.25) is 0 Å². The Morgan fingerprint density at radius 3 is 2.08 bits per heavy atom. The molecule has 1 aromatic carbocycles. The zero-order valence-corrected chi connectivity index (χ0v) is 7.77. The molecule has 1 aromatic rings. The lowest BCUT2D eigenvalue weighted by atomic mass is 10.0. The summed E-state index contributed by atoms with van der Waals surface area (Å²) < 4.78 is 4.66. The first kappa shape index (κ1) is 10.1. The van der Waals surface area contributed by atoms with E-state index in [0.29, 0.717) is 11.7 Å². The predicted molar refractivity (Wildman–Crippen MR) is 51.4 cm³/mol. The van der Waals surface area contributed by atoms with Gasteiger partial charge in [-0.05, 0) is 23.6 Å². The highest BCUT2D eigenvalue weighted by Gasteiger charge is 2.10. The lowest BCUT2D eigenvalue weighted by molar-refractivity contribution is 0.288. The molecule has 0 saturated heterocycles. The summed E-state index contributed by atoms with van der Waals surface area (Å²) in [5.74, 6) is 0.924. The number of rotatable bonds is 3. The van der Waals surface area contributed by atoms with E-state index in [2.05, 4.69) is 18.5 Å². The Bertz CT molecular complexity index is 256. The quantitative estimate of drug-likeness (QED) is 0.686. The second kappa shape index (κ2) is 4.30. The fourth-order valence-electron chi connectivity index (χ4n) is 1.05. The zero-order valence-electron chi connectivity index (χ0n) is 7.77. The largest absolute Gasteiger partial charge is 0.707 e. The topological polar surface area (TPSA) is 49.7 Å². The summed E-state index contributed by atoms with van der Waals surface area (Å²) in [6.07, 6.45) is 0. The lowest BCUT2D eigenvalue weighted by Gasteiger charge is -2.07. The van der Waals surface area contributed by atoms with Crippen LogP contribution in [0, 0.1) is 0 Å². The van der Waals surface area contributed by atoms with Crippen molar-refractivity contribution in [3.8, 4) is 5.75 Å². The van der Waals surface area contributed by atoms with Crippen LogP contribution in [0.1, 0.15) is 25.3 Å². The number of benzene rings is 1. The van der Waals surface area contributed by atoms with Crippen LogP contribution in [-0.2, 0) is 0 Å². The van der Waals surface area contributed by atoms with Crippen molar-refractivity contribution >= 4 is 7.32 Å². The van der Waals surface area contributed by atoms with Gasteiger partial charge in [0, 0.05) is 0 Å². The summed E-state index contributed by atoms with van der Waals surface area (Å²) in [5, 5.41) is 17.0. The maximum Gasteiger partial charge on any atom is 0.707 e. The van der Waals surface area contributed by atoms with Crippen molar-refractivity contribution in [3.63, 3.8) is 0 Å². The van der Waals surface area contributed by atoms with Crippen molar-refractivity contribution < 1.29 is 14.7 Å². The molecule has 3 nitrogen and oxygen atoms in total. The second-order valence-electron chi connectivity index (χ2n) is 3.17. The van der Waals surface area contributed by atoms with E-state index in [1.807, 2.05) is 12.1 Å². The molecule has 0 radical (unpaired) electrons. The van der Waals surface area contributed by atoms with Crippen molar-refractivity contribution in [1.29, 1.82) is 0 Å². The van der Waals surface area contributed by atoms with Crippen LogP contribution in [0.4, 0.5) is 0 Å². The van der Waals surface area contributed by atoms with Gasteiger partial charge in [0.1, 0.15) is 5.75 Å². The van der Waals surface area contributed by atoms with Gasteiger partial charge < -0.3 is 14.7 Å². The molecule has 0 amide bonds. The fraction of sp³-hybridized carbons (Fsp3) is 0.333. The van der Waals surface area contributed by atoms with Crippen LogP contribution in [0.3, 0.4) is 0 Å². The minimum Gasteiger partial charge on any atom is -0.512 e. The summed E-state index contributed by atoms with van der Waals surface area (Å²) in [7, 11) is -1.75. The summed E-state index contributed by atoms with van der Waals surface area (Å²) in [5.41, 5.74) is 1.19. The van der Waals surface area contributed by atoms with E-state index >= 15 is 0 Å². The average molecular weight is 180 g/mol. The molecule has 13 heavy (non-hydrogen) atoms. The van der Waals surface area contributed by atoms with E-state index in [9.17, 15) is 0 Å². The molecule has 0 aliphatic rings. The first-order valence-corrected chi connectivity index (χ1v) is 4.22. The molecule has 4 heteroatoms. The first-order valence-electron chi connectivity index (χ1n) is 4.22. The Hall–Kier alpha value is -0.995. The Morgan fingerprint density at radius 1 is 1.15 bits per heavy atom. The molecule has 0 unspecified atom stereocenters. The summed E-state index contributed by atoms with van der Waals surface area (Å²) in [6, 6.07) is 7.24. The van der Waals surface area contributed by atoms with E-state index in [-0.39, 0.29) is 0 Å². The Morgan fingerprint density at radius 2 is 1.69 bits per heavy atom. The third kappa shape index (κ3) is 3.09. The van der Waals surface area contributed by atoms with Crippen LogP contribution in [0.15, 0.2) is 24.3 Å². The van der Waals surface area contributed by atoms with Gasteiger partial charge in [-0.25, -0.2) is 0 Å².